The molecule has 1 amide bonds. The number of rotatable bonds is 10. The van der Waals surface area contributed by atoms with Crippen molar-refractivity contribution in [3.05, 3.63) is 88.1 Å². The number of hydrogen-bond donors (Lipinski definition) is 2. The minimum atomic E-state index is -4.93. The van der Waals surface area contributed by atoms with Crippen LogP contribution in [0, 0.1) is 11.7 Å². The first-order valence-electron chi connectivity index (χ1n) is 12.8. The molecule has 2 heterocycles. The van der Waals surface area contributed by atoms with Crippen LogP contribution in [0.25, 0.3) is 11.4 Å². The number of esters is 1. The Labute approximate surface area is 241 Å². The Morgan fingerprint density at radius 3 is 2.37 bits per heavy atom. The lowest BCUT2D eigenvalue weighted by molar-refractivity contribution is -0.131. The summed E-state index contributed by atoms with van der Waals surface area (Å²) in [6, 6.07) is 12.1. The van der Waals surface area contributed by atoms with Crippen molar-refractivity contribution in [3.8, 4) is 11.4 Å². The Balaban J connectivity index is 1.60. The van der Waals surface area contributed by atoms with Gasteiger partial charge in [-0.2, -0.15) is 13.2 Å². The lowest BCUT2D eigenvalue weighted by Crippen LogP contribution is -2.51. The van der Waals surface area contributed by atoms with Gasteiger partial charge in [0.05, 0.1) is 6.04 Å². The molecule has 0 aliphatic carbocycles. The van der Waals surface area contributed by atoms with E-state index in [9.17, 15) is 36.7 Å². The number of halogens is 4. The summed E-state index contributed by atoms with van der Waals surface area (Å²) in [6.07, 6.45) is -5.70. The lowest BCUT2D eigenvalue weighted by atomic mass is 9.98. The summed E-state index contributed by atoms with van der Waals surface area (Å²) >= 11 is 0. The van der Waals surface area contributed by atoms with Crippen LogP contribution in [0.5, 0.6) is 0 Å². The number of benzene rings is 2. The van der Waals surface area contributed by atoms with E-state index in [1.54, 1.807) is 30.3 Å². The van der Waals surface area contributed by atoms with Gasteiger partial charge in [-0.25, -0.2) is 19.2 Å². The van der Waals surface area contributed by atoms with Crippen LogP contribution < -0.4 is 16.4 Å². The molecule has 1 aliphatic heterocycles. The van der Waals surface area contributed by atoms with Crippen molar-refractivity contribution >= 4 is 23.6 Å². The molecule has 1 aliphatic rings. The average Bonchev–Trinajstić information content (AvgIpc) is 3.48. The predicted molar refractivity (Wildman–Crippen MR) is 143 cm³/mol. The summed E-state index contributed by atoms with van der Waals surface area (Å²) < 4.78 is 58.4. The molecule has 0 bridgehead atoms. The second-order valence-electron chi connectivity index (χ2n) is 9.70. The maximum atomic E-state index is 13.6. The third kappa shape index (κ3) is 7.48. The SMILES string of the molecule is CC(C)C(NC(=O)Cn1c(-c2ccc(F)cc2)ncc(C(=O)OCc2ccccc2)c1=O)C(=O)C1N=C(C(F)(F)F)ON1. The van der Waals surface area contributed by atoms with Gasteiger partial charge in [0.15, 0.2) is 11.9 Å². The number of carbonyl (C=O) groups is 3. The zero-order valence-corrected chi connectivity index (χ0v) is 22.7. The van der Waals surface area contributed by atoms with E-state index in [1.807, 2.05) is 5.48 Å². The number of nitrogens with one attached hydrogen (secondary N) is 2. The highest BCUT2D eigenvalue weighted by molar-refractivity contribution is 5.96. The Bertz CT molecular complexity index is 1590. The molecule has 11 nitrogen and oxygen atoms in total. The summed E-state index contributed by atoms with van der Waals surface area (Å²) in [5.41, 5.74) is 1.32. The third-order valence-electron chi connectivity index (χ3n) is 6.20. The molecule has 0 saturated heterocycles. The molecule has 3 aromatic rings. The fraction of sp³-hybridized carbons (Fsp3) is 0.286. The van der Waals surface area contributed by atoms with Crippen molar-refractivity contribution in [2.24, 2.45) is 10.9 Å². The van der Waals surface area contributed by atoms with E-state index in [-0.39, 0.29) is 18.0 Å². The smallest absolute Gasteiger partial charge is 0.457 e. The number of carbonyl (C=O) groups excluding carboxylic acids is 3. The zero-order valence-electron chi connectivity index (χ0n) is 22.7. The molecule has 2 N–H and O–H groups in total. The third-order valence-corrected chi connectivity index (χ3v) is 6.20. The summed E-state index contributed by atoms with van der Waals surface area (Å²) in [4.78, 5) is 64.0. The standard InChI is InChI=1S/C28H25F4N5O6/c1-15(2)21(22(39)23-35-27(43-36-23)28(30,31)32)34-20(38)13-37-24(17-8-10-18(29)11-9-17)33-12-19(25(37)40)26(41)42-14-16-6-4-3-5-7-16/h3-12,15,21,23,36H,13-14H2,1-2H3,(H,34,38). The van der Waals surface area contributed by atoms with Crippen LogP contribution in [0.1, 0.15) is 29.8 Å². The van der Waals surface area contributed by atoms with Crippen LogP contribution in [0.3, 0.4) is 0 Å². The Kier molecular flexibility index (Phi) is 9.34. The second kappa shape index (κ2) is 12.9. The molecule has 43 heavy (non-hydrogen) atoms. The van der Waals surface area contributed by atoms with E-state index in [2.05, 4.69) is 20.1 Å². The van der Waals surface area contributed by atoms with Crippen LogP contribution in [0.4, 0.5) is 17.6 Å². The first-order valence-corrected chi connectivity index (χ1v) is 12.8. The van der Waals surface area contributed by atoms with E-state index in [0.717, 1.165) is 22.9 Å². The Morgan fingerprint density at radius 2 is 1.77 bits per heavy atom. The summed E-state index contributed by atoms with van der Waals surface area (Å²) in [5, 5.41) is 2.41. The molecule has 1 aromatic heterocycles. The van der Waals surface area contributed by atoms with Crippen LogP contribution in [-0.2, 0) is 32.3 Å². The van der Waals surface area contributed by atoms with Crippen molar-refractivity contribution in [1.82, 2.24) is 20.3 Å². The maximum Gasteiger partial charge on any atom is 0.470 e. The van der Waals surface area contributed by atoms with Crippen molar-refractivity contribution in [2.45, 2.75) is 45.4 Å². The van der Waals surface area contributed by atoms with E-state index >= 15 is 0 Å². The van der Waals surface area contributed by atoms with Gasteiger partial charge in [-0.05, 0) is 35.7 Å². The first-order chi connectivity index (χ1) is 20.3. The van der Waals surface area contributed by atoms with Crippen molar-refractivity contribution < 1.29 is 41.5 Å². The molecule has 0 fully saturated rings. The van der Waals surface area contributed by atoms with Gasteiger partial charge in [0, 0.05) is 11.8 Å². The maximum absolute atomic E-state index is 13.6. The number of aromatic nitrogens is 2. The normalized spacial score (nSPS) is 15.4. The molecule has 2 atom stereocenters. The first kappa shape index (κ1) is 31.0. The number of ketones is 1. The molecule has 4 rings (SSSR count). The van der Waals surface area contributed by atoms with Gasteiger partial charge >= 0.3 is 18.0 Å². The molecule has 15 heteroatoms. The van der Waals surface area contributed by atoms with Gasteiger partial charge in [0.25, 0.3) is 5.56 Å². The molecule has 226 valence electrons. The fourth-order valence-corrected chi connectivity index (χ4v) is 4.04. The number of alkyl halides is 3. The van der Waals surface area contributed by atoms with Gasteiger partial charge in [-0.3, -0.25) is 19.0 Å². The molecule has 2 aromatic carbocycles. The number of Topliss-reactive ketones (excluding diaryl/α,β-unsaturated/α-hetero) is 1. The van der Waals surface area contributed by atoms with Gasteiger partial charge in [0.1, 0.15) is 30.4 Å². The lowest BCUT2D eigenvalue weighted by Gasteiger charge is -2.23. The van der Waals surface area contributed by atoms with Gasteiger partial charge in [0.2, 0.25) is 5.91 Å². The molecule has 0 radical (unpaired) electrons. The minimum absolute atomic E-state index is 0.0996. The quantitative estimate of drug-likeness (QED) is 0.266. The second-order valence-corrected chi connectivity index (χ2v) is 9.70. The zero-order chi connectivity index (χ0) is 31.3. The number of nitrogens with zero attached hydrogens (tertiary/aromatic N) is 3. The monoisotopic (exact) mass is 603 g/mol. The summed E-state index contributed by atoms with van der Waals surface area (Å²) in [6.45, 7) is 2.16. The van der Waals surface area contributed by atoms with E-state index in [4.69, 9.17) is 4.74 Å². The highest BCUT2D eigenvalue weighted by atomic mass is 19.4. The van der Waals surface area contributed by atoms with Gasteiger partial charge in [-0.15, -0.1) is 5.48 Å². The fourth-order valence-electron chi connectivity index (χ4n) is 4.04. The number of amides is 1. The molecule has 2 unspecified atom stereocenters. The Hall–Kier alpha value is -4.92. The molecule has 0 saturated carbocycles. The number of ether oxygens (including phenoxy) is 1. The van der Waals surface area contributed by atoms with E-state index in [1.165, 1.54) is 26.0 Å². The minimum Gasteiger partial charge on any atom is -0.457 e. The average molecular weight is 604 g/mol. The Morgan fingerprint density at radius 1 is 1.09 bits per heavy atom. The highest BCUT2D eigenvalue weighted by Crippen LogP contribution is 2.22. The number of hydrogen-bond acceptors (Lipinski definition) is 9. The summed E-state index contributed by atoms with van der Waals surface area (Å²) in [5.74, 6) is -5.78. The van der Waals surface area contributed by atoms with Gasteiger partial charge in [-0.1, -0.05) is 44.2 Å². The molecular weight excluding hydrogens is 578 g/mol. The van der Waals surface area contributed by atoms with Crippen molar-refractivity contribution in [1.29, 1.82) is 0 Å². The molecular formula is C28H25F4N5O6. The van der Waals surface area contributed by atoms with Crippen LogP contribution in [-0.4, -0.2) is 51.5 Å². The van der Waals surface area contributed by atoms with Crippen LogP contribution in [0.15, 0.2) is 70.6 Å². The van der Waals surface area contributed by atoms with E-state index < -0.39 is 71.3 Å². The largest absolute Gasteiger partial charge is 0.470 e. The number of hydroxylamine groups is 1. The van der Waals surface area contributed by atoms with Gasteiger partial charge < -0.3 is 14.9 Å². The summed E-state index contributed by atoms with van der Waals surface area (Å²) in [7, 11) is 0. The van der Waals surface area contributed by atoms with Crippen LogP contribution >= 0.6 is 0 Å². The van der Waals surface area contributed by atoms with Crippen molar-refractivity contribution in [3.63, 3.8) is 0 Å². The highest BCUT2D eigenvalue weighted by Gasteiger charge is 2.45. The van der Waals surface area contributed by atoms with E-state index in [0.29, 0.717) is 5.56 Å². The topological polar surface area (TPSA) is 141 Å². The molecule has 0 spiro atoms. The van der Waals surface area contributed by atoms with Crippen molar-refractivity contribution in [2.75, 3.05) is 0 Å². The van der Waals surface area contributed by atoms with Crippen LogP contribution in [0.2, 0.25) is 0 Å². The number of aliphatic imine (C=N–C) groups is 1. The predicted octanol–water partition coefficient (Wildman–Crippen LogP) is 2.94.